The number of hydrogen-bond donors (Lipinski definition) is 1. The van der Waals surface area contributed by atoms with Crippen molar-refractivity contribution in [3.63, 3.8) is 0 Å². The number of nitrogens with one attached hydrogen (secondary N) is 1. The van der Waals surface area contributed by atoms with E-state index in [1.54, 1.807) is 0 Å². The van der Waals surface area contributed by atoms with Crippen molar-refractivity contribution in [3.05, 3.63) is 0 Å². The zero-order valence-electron chi connectivity index (χ0n) is 10.5. The Morgan fingerprint density at radius 1 is 1.11 bits per heavy atom. The van der Waals surface area contributed by atoms with Crippen LogP contribution >= 0.6 is 0 Å². The van der Waals surface area contributed by atoms with Gasteiger partial charge in [-0.15, -0.1) is 0 Å². The van der Waals surface area contributed by atoms with Crippen LogP contribution in [0.1, 0.15) is 25.7 Å². The molecule has 2 aliphatic heterocycles. The van der Waals surface area contributed by atoms with Gasteiger partial charge in [-0.2, -0.15) is 0 Å². The van der Waals surface area contributed by atoms with E-state index in [2.05, 4.69) is 5.32 Å². The highest BCUT2D eigenvalue weighted by Gasteiger charge is 2.50. The molecule has 3 nitrogen and oxygen atoms in total. The van der Waals surface area contributed by atoms with Crippen molar-refractivity contribution in [3.8, 4) is 0 Å². The van der Waals surface area contributed by atoms with Gasteiger partial charge in [-0.1, -0.05) is 0 Å². The number of halogens is 2. The fourth-order valence-electron chi connectivity index (χ4n) is 3.33. The summed E-state index contributed by atoms with van der Waals surface area (Å²) in [5.41, 5.74) is 0. The third-order valence-corrected chi connectivity index (χ3v) is 4.77. The molecule has 3 rings (SSSR count). The first-order valence-corrected chi connectivity index (χ1v) is 6.92. The van der Waals surface area contributed by atoms with Crippen molar-refractivity contribution in [2.45, 2.75) is 31.6 Å². The van der Waals surface area contributed by atoms with Crippen LogP contribution in [0.3, 0.4) is 0 Å². The molecular weight excluding hydrogens is 238 g/mol. The third kappa shape index (κ3) is 2.25. The molecule has 0 bridgehead atoms. The van der Waals surface area contributed by atoms with Gasteiger partial charge in [0.1, 0.15) is 0 Å². The highest BCUT2D eigenvalue weighted by molar-refractivity contribution is 5.80. The number of piperidine rings is 1. The van der Waals surface area contributed by atoms with Crippen LogP contribution in [0.2, 0.25) is 0 Å². The van der Waals surface area contributed by atoms with Crippen LogP contribution in [-0.2, 0) is 4.79 Å². The van der Waals surface area contributed by atoms with Gasteiger partial charge in [0.25, 0.3) is 0 Å². The summed E-state index contributed by atoms with van der Waals surface area (Å²) in [6.07, 6.45) is 1.61. The van der Waals surface area contributed by atoms with E-state index in [1.165, 1.54) is 0 Å². The standard InChI is InChI=1S/C13H20F2N2O/c14-13(15)5-10(6-13)12(18)17-3-1-9(2-4-17)11-7-16-8-11/h9-11,16H,1-8H2. The van der Waals surface area contributed by atoms with Crippen molar-refractivity contribution in [1.29, 1.82) is 0 Å². The van der Waals surface area contributed by atoms with Gasteiger partial charge < -0.3 is 10.2 Å². The van der Waals surface area contributed by atoms with Gasteiger partial charge in [0, 0.05) is 31.8 Å². The van der Waals surface area contributed by atoms with Gasteiger partial charge in [-0.05, 0) is 37.8 Å². The summed E-state index contributed by atoms with van der Waals surface area (Å²) in [6.45, 7) is 3.74. The summed E-state index contributed by atoms with van der Waals surface area (Å²) in [5, 5.41) is 3.27. The maximum Gasteiger partial charge on any atom is 0.249 e. The third-order valence-electron chi connectivity index (χ3n) is 4.77. The van der Waals surface area contributed by atoms with Crippen LogP contribution < -0.4 is 5.32 Å². The molecule has 0 aromatic heterocycles. The second-order valence-electron chi connectivity index (χ2n) is 6.04. The molecule has 3 aliphatic rings. The van der Waals surface area contributed by atoms with E-state index < -0.39 is 11.8 Å². The lowest BCUT2D eigenvalue weighted by Gasteiger charge is -2.43. The maximum absolute atomic E-state index is 12.8. The predicted octanol–water partition coefficient (Wildman–Crippen LogP) is 1.49. The van der Waals surface area contributed by atoms with Gasteiger partial charge in [0.05, 0.1) is 0 Å². The lowest BCUT2D eigenvalue weighted by atomic mass is 9.78. The number of amides is 1. The first-order chi connectivity index (χ1) is 8.55. The minimum absolute atomic E-state index is 0.0360. The van der Waals surface area contributed by atoms with E-state index >= 15 is 0 Å². The molecule has 102 valence electrons. The maximum atomic E-state index is 12.8. The Morgan fingerprint density at radius 2 is 1.72 bits per heavy atom. The Balaban J connectivity index is 1.46. The van der Waals surface area contributed by atoms with Crippen molar-refractivity contribution in [1.82, 2.24) is 10.2 Å². The molecule has 0 aromatic rings. The lowest BCUT2D eigenvalue weighted by Crippen LogP contribution is -2.52. The zero-order chi connectivity index (χ0) is 12.8. The molecule has 0 atom stereocenters. The Labute approximate surface area is 106 Å². The zero-order valence-corrected chi connectivity index (χ0v) is 10.5. The molecule has 1 aliphatic carbocycles. The highest BCUT2D eigenvalue weighted by Crippen LogP contribution is 2.43. The molecule has 0 aromatic carbocycles. The molecule has 0 spiro atoms. The minimum Gasteiger partial charge on any atom is -0.342 e. The number of carbonyl (C=O) groups is 1. The number of hydrogen-bond acceptors (Lipinski definition) is 2. The molecule has 0 radical (unpaired) electrons. The molecule has 1 amide bonds. The van der Waals surface area contributed by atoms with E-state index in [0.29, 0.717) is 0 Å². The van der Waals surface area contributed by atoms with Gasteiger partial charge in [0.15, 0.2) is 0 Å². The molecule has 5 heteroatoms. The van der Waals surface area contributed by atoms with Crippen LogP contribution in [0.15, 0.2) is 0 Å². The van der Waals surface area contributed by atoms with E-state index in [-0.39, 0.29) is 18.7 Å². The van der Waals surface area contributed by atoms with Crippen LogP contribution in [-0.4, -0.2) is 42.9 Å². The lowest BCUT2D eigenvalue weighted by molar-refractivity contribution is -0.161. The number of rotatable bonds is 2. The Morgan fingerprint density at radius 3 is 2.17 bits per heavy atom. The number of alkyl halides is 2. The van der Waals surface area contributed by atoms with Crippen molar-refractivity contribution in [2.75, 3.05) is 26.2 Å². The summed E-state index contributed by atoms with van der Waals surface area (Å²) >= 11 is 0. The largest absolute Gasteiger partial charge is 0.342 e. The number of carbonyl (C=O) groups excluding carboxylic acids is 1. The van der Waals surface area contributed by atoms with E-state index in [1.807, 2.05) is 4.90 Å². The van der Waals surface area contributed by atoms with Crippen LogP contribution in [0.5, 0.6) is 0 Å². The molecule has 1 saturated carbocycles. The second-order valence-corrected chi connectivity index (χ2v) is 6.04. The molecule has 0 unspecified atom stereocenters. The summed E-state index contributed by atoms with van der Waals surface area (Å²) in [4.78, 5) is 13.8. The topological polar surface area (TPSA) is 32.3 Å². The van der Waals surface area contributed by atoms with Crippen LogP contribution in [0.4, 0.5) is 8.78 Å². The van der Waals surface area contributed by atoms with E-state index in [4.69, 9.17) is 0 Å². The smallest absolute Gasteiger partial charge is 0.249 e. The minimum atomic E-state index is -2.59. The predicted molar refractivity (Wildman–Crippen MR) is 63.3 cm³/mol. The Hall–Kier alpha value is -0.710. The summed E-state index contributed by atoms with van der Waals surface area (Å²) in [5.74, 6) is -1.54. The quantitative estimate of drug-likeness (QED) is 0.814. The summed E-state index contributed by atoms with van der Waals surface area (Å²) in [7, 11) is 0. The van der Waals surface area contributed by atoms with Gasteiger partial charge in [0.2, 0.25) is 11.8 Å². The normalized spacial score (nSPS) is 29.8. The SMILES string of the molecule is O=C(C1CC(F)(F)C1)N1CCC(C2CNC2)CC1. The molecular formula is C13H20F2N2O. The summed E-state index contributed by atoms with van der Waals surface area (Å²) < 4.78 is 25.5. The Bertz CT molecular complexity index is 328. The summed E-state index contributed by atoms with van der Waals surface area (Å²) in [6, 6.07) is 0. The fraction of sp³-hybridized carbons (Fsp3) is 0.923. The Kier molecular flexibility index (Phi) is 3.04. The first kappa shape index (κ1) is 12.3. The highest BCUT2D eigenvalue weighted by atomic mass is 19.3. The van der Waals surface area contributed by atoms with Crippen molar-refractivity contribution in [2.24, 2.45) is 17.8 Å². The van der Waals surface area contributed by atoms with Gasteiger partial charge >= 0.3 is 0 Å². The van der Waals surface area contributed by atoms with Crippen molar-refractivity contribution < 1.29 is 13.6 Å². The van der Waals surface area contributed by atoms with Crippen LogP contribution in [0, 0.1) is 17.8 Å². The molecule has 2 saturated heterocycles. The molecule has 3 fully saturated rings. The monoisotopic (exact) mass is 258 g/mol. The van der Waals surface area contributed by atoms with E-state index in [9.17, 15) is 13.6 Å². The molecule has 1 N–H and O–H groups in total. The fourth-order valence-corrected chi connectivity index (χ4v) is 3.33. The molecule has 2 heterocycles. The molecule has 18 heavy (non-hydrogen) atoms. The van der Waals surface area contributed by atoms with Crippen molar-refractivity contribution >= 4 is 5.91 Å². The van der Waals surface area contributed by atoms with Gasteiger partial charge in [-0.3, -0.25) is 4.79 Å². The average molecular weight is 258 g/mol. The number of nitrogens with zero attached hydrogens (tertiary/aromatic N) is 1. The first-order valence-electron chi connectivity index (χ1n) is 6.92. The van der Waals surface area contributed by atoms with Gasteiger partial charge in [-0.25, -0.2) is 8.78 Å². The second kappa shape index (κ2) is 4.44. The average Bonchev–Trinajstić information content (AvgIpc) is 2.23. The number of likely N-dealkylation sites (tertiary alicyclic amines) is 1. The van der Waals surface area contributed by atoms with E-state index in [0.717, 1.165) is 50.9 Å². The van der Waals surface area contributed by atoms with Crippen LogP contribution in [0.25, 0.3) is 0 Å².